The van der Waals surface area contributed by atoms with Crippen molar-refractivity contribution in [3.8, 4) is 5.75 Å². The minimum Gasteiger partial charge on any atom is -0.487 e. The van der Waals surface area contributed by atoms with Gasteiger partial charge < -0.3 is 4.74 Å². The summed E-state index contributed by atoms with van der Waals surface area (Å²) in [5.74, 6) is 0.601. The predicted molar refractivity (Wildman–Crippen MR) is 98.2 cm³/mol. The second-order valence-corrected chi connectivity index (χ2v) is 6.57. The number of hydrogen-bond acceptors (Lipinski definition) is 4. The molecule has 7 heteroatoms. The molecular weight excluding hydrogens is 347 g/mol. The number of benzene rings is 1. The van der Waals surface area contributed by atoms with E-state index in [1.54, 1.807) is 22.6 Å². The summed E-state index contributed by atoms with van der Waals surface area (Å²) in [4.78, 5) is 18.8. The number of aryl methyl sites for hydroxylation is 1. The van der Waals surface area contributed by atoms with E-state index in [0.717, 1.165) is 5.75 Å². The highest BCUT2D eigenvalue weighted by molar-refractivity contribution is 6.05. The monoisotopic (exact) mass is 366 g/mol. The van der Waals surface area contributed by atoms with Crippen LogP contribution in [0.5, 0.6) is 5.75 Å². The summed E-state index contributed by atoms with van der Waals surface area (Å²) in [5.41, 5.74) is 1.42. The molecule has 3 aromatic rings. The van der Waals surface area contributed by atoms with Gasteiger partial charge in [-0.3, -0.25) is 14.4 Å². The van der Waals surface area contributed by atoms with E-state index in [4.69, 9.17) is 4.74 Å². The Bertz CT molecular complexity index is 987. The highest BCUT2D eigenvalue weighted by Crippen LogP contribution is 2.25. The molecule has 2 aromatic heterocycles. The van der Waals surface area contributed by atoms with Gasteiger partial charge in [-0.2, -0.15) is 5.10 Å². The number of hydrogen-bond donors (Lipinski definition) is 0. The first kappa shape index (κ1) is 17.2. The molecule has 138 valence electrons. The smallest absolute Gasteiger partial charge is 0.278 e. The number of rotatable bonds is 4. The number of anilines is 1. The Labute approximate surface area is 156 Å². The summed E-state index contributed by atoms with van der Waals surface area (Å²) in [6, 6.07) is 13.9. The van der Waals surface area contributed by atoms with Gasteiger partial charge in [0.15, 0.2) is 0 Å². The predicted octanol–water partition coefficient (Wildman–Crippen LogP) is 3.35. The number of halogens is 1. The highest BCUT2D eigenvalue weighted by Gasteiger charge is 2.33. The molecular formula is C20H19FN4O2. The Morgan fingerprint density at radius 3 is 2.74 bits per heavy atom. The van der Waals surface area contributed by atoms with E-state index in [9.17, 15) is 9.18 Å². The van der Waals surface area contributed by atoms with Crippen LogP contribution in [0.15, 0.2) is 48.5 Å². The quantitative estimate of drug-likeness (QED) is 0.710. The summed E-state index contributed by atoms with van der Waals surface area (Å²) in [6.45, 7) is 4.31. The van der Waals surface area contributed by atoms with Crippen LogP contribution in [-0.4, -0.2) is 26.7 Å². The topological polar surface area (TPSA) is 60.3 Å². The molecule has 0 saturated carbocycles. The molecule has 1 amide bonds. The number of carbonyl (C=O) groups is 1. The number of pyridine rings is 1. The number of nitrogens with zero attached hydrogens (tertiary/aromatic N) is 4. The van der Waals surface area contributed by atoms with Crippen LogP contribution in [0.2, 0.25) is 0 Å². The lowest BCUT2D eigenvalue weighted by atomic mass is 10.1. The van der Waals surface area contributed by atoms with Crippen molar-refractivity contribution in [1.82, 2.24) is 14.8 Å². The number of para-hydroxylation sites is 1. The standard InChI is InChI=1S/C20H19FN4O2/c1-13-11-24-18(10-15(23-24)12-27-16-6-4-3-5-7-16)20(26)25(13)19-9-8-17(21)14(2)22-19/h3-10,13H,11-12H2,1-2H3/t13-/m0/s1. The van der Waals surface area contributed by atoms with Crippen LogP contribution in [-0.2, 0) is 13.2 Å². The van der Waals surface area contributed by atoms with Gasteiger partial charge in [-0.1, -0.05) is 18.2 Å². The van der Waals surface area contributed by atoms with Crippen molar-refractivity contribution in [2.24, 2.45) is 0 Å². The second kappa shape index (κ2) is 6.83. The van der Waals surface area contributed by atoms with Gasteiger partial charge >= 0.3 is 0 Å². The fraction of sp³-hybridized carbons (Fsp3) is 0.250. The fourth-order valence-electron chi connectivity index (χ4n) is 3.18. The molecule has 27 heavy (non-hydrogen) atoms. The van der Waals surface area contributed by atoms with E-state index in [2.05, 4.69) is 10.1 Å². The lowest BCUT2D eigenvalue weighted by Gasteiger charge is -2.32. The third-order valence-corrected chi connectivity index (χ3v) is 4.53. The lowest BCUT2D eigenvalue weighted by molar-refractivity contribution is 0.0946. The summed E-state index contributed by atoms with van der Waals surface area (Å²) >= 11 is 0. The third-order valence-electron chi connectivity index (χ3n) is 4.53. The maximum Gasteiger partial charge on any atom is 0.278 e. The highest BCUT2D eigenvalue weighted by atomic mass is 19.1. The molecule has 0 radical (unpaired) electrons. The molecule has 0 saturated heterocycles. The summed E-state index contributed by atoms with van der Waals surface area (Å²) in [5, 5.41) is 4.49. The van der Waals surface area contributed by atoms with Gasteiger partial charge in [-0.05, 0) is 44.2 Å². The molecule has 3 heterocycles. The molecule has 0 N–H and O–H groups in total. The first-order valence-electron chi connectivity index (χ1n) is 8.74. The van der Waals surface area contributed by atoms with Crippen LogP contribution in [0, 0.1) is 12.7 Å². The number of fused-ring (bicyclic) bond motifs is 1. The van der Waals surface area contributed by atoms with Gasteiger partial charge in [-0.15, -0.1) is 0 Å². The van der Waals surface area contributed by atoms with Crippen LogP contribution in [0.4, 0.5) is 10.2 Å². The fourth-order valence-corrected chi connectivity index (χ4v) is 3.18. The number of ether oxygens (including phenoxy) is 1. The molecule has 0 bridgehead atoms. The number of amides is 1. The van der Waals surface area contributed by atoms with Gasteiger partial charge in [0.1, 0.15) is 35.4 Å². The Morgan fingerprint density at radius 2 is 2.00 bits per heavy atom. The zero-order valence-corrected chi connectivity index (χ0v) is 15.1. The minimum absolute atomic E-state index is 0.148. The van der Waals surface area contributed by atoms with E-state index in [1.807, 2.05) is 37.3 Å². The van der Waals surface area contributed by atoms with E-state index >= 15 is 0 Å². The van der Waals surface area contributed by atoms with Crippen molar-refractivity contribution >= 4 is 11.7 Å². The largest absolute Gasteiger partial charge is 0.487 e. The van der Waals surface area contributed by atoms with Gasteiger partial charge in [0.25, 0.3) is 5.91 Å². The van der Waals surface area contributed by atoms with Crippen molar-refractivity contribution in [1.29, 1.82) is 0 Å². The van der Waals surface area contributed by atoms with Crippen molar-refractivity contribution in [3.05, 3.63) is 71.4 Å². The molecule has 1 atom stereocenters. The zero-order valence-electron chi connectivity index (χ0n) is 15.1. The molecule has 4 rings (SSSR count). The first-order valence-corrected chi connectivity index (χ1v) is 8.74. The third kappa shape index (κ3) is 3.28. The maximum atomic E-state index is 13.5. The first-order chi connectivity index (χ1) is 13.0. The molecule has 0 unspecified atom stereocenters. The van der Waals surface area contributed by atoms with Crippen LogP contribution >= 0.6 is 0 Å². The second-order valence-electron chi connectivity index (χ2n) is 6.57. The van der Waals surface area contributed by atoms with Crippen LogP contribution in [0.3, 0.4) is 0 Å². The van der Waals surface area contributed by atoms with Crippen molar-refractivity contribution in [2.45, 2.75) is 33.0 Å². The molecule has 0 aliphatic carbocycles. The summed E-state index contributed by atoms with van der Waals surface area (Å²) in [7, 11) is 0. The molecule has 6 nitrogen and oxygen atoms in total. The molecule has 1 aliphatic rings. The Hall–Kier alpha value is -3.22. The molecule has 1 aromatic carbocycles. The normalized spacial score (nSPS) is 16.3. The Kier molecular flexibility index (Phi) is 4.35. The van der Waals surface area contributed by atoms with Gasteiger partial charge in [0, 0.05) is 0 Å². The number of aromatic nitrogens is 3. The van der Waals surface area contributed by atoms with E-state index in [-0.39, 0.29) is 30.1 Å². The number of carbonyl (C=O) groups excluding carboxylic acids is 1. The lowest BCUT2D eigenvalue weighted by Crippen LogP contribution is -2.47. The van der Waals surface area contributed by atoms with Crippen molar-refractivity contribution < 1.29 is 13.9 Å². The average molecular weight is 366 g/mol. The Balaban J connectivity index is 1.57. The average Bonchev–Trinajstić information content (AvgIpc) is 3.07. The van der Waals surface area contributed by atoms with Crippen molar-refractivity contribution in [3.63, 3.8) is 0 Å². The Morgan fingerprint density at radius 1 is 1.22 bits per heavy atom. The van der Waals surface area contributed by atoms with Crippen LogP contribution in [0.1, 0.15) is 28.8 Å². The molecule has 0 fully saturated rings. The van der Waals surface area contributed by atoms with Crippen LogP contribution in [0.25, 0.3) is 0 Å². The van der Waals surface area contributed by atoms with E-state index < -0.39 is 0 Å². The zero-order chi connectivity index (χ0) is 19.0. The van der Waals surface area contributed by atoms with Crippen LogP contribution < -0.4 is 9.64 Å². The minimum atomic E-state index is -0.388. The van der Waals surface area contributed by atoms with E-state index in [0.29, 0.717) is 23.8 Å². The molecule has 0 spiro atoms. The van der Waals surface area contributed by atoms with Gasteiger partial charge in [0.05, 0.1) is 18.3 Å². The van der Waals surface area contributed by atoms with Gasteiger partial charge in [-0.25, -0.2) is 9.37 Å². The van der Waals surface area contributed by atoms with Crippen molar-refractivity contribution in [2.75, 3.05) is 4.90 Å². The maximum absolute atomic E-state index is 13.5. The summed E-state index contributed by atoms with van der Waals surface area (Å²) in [6.07, 6.45) is 0. The summed E-state index contributed by atoms with van der Waals surface area (Å²) < 4.78 is 20.9. The SMILES string of the molecule is Cc1nc(N2C(=O)c3cc(COc4ccccc4)nn3C[C@@H]2C)ccc1F. The van der Waals surface area contributed by atoms with Gasteiger partial charge in [0.2, 0.25) is 0 Å². The van der Waals surface area contributed by atoms with E-state index in [1.165, 1.54) is 12.1 Å². The molecule has 1 aliphatic heterocycles.